The normalized spacial score (nSPS) is 22.7. The van der Waals surface area contributed by atoms with E-state index in [9.17, 15) is 4.79 Å². The van der Waals surface area contributed by atoms with E-state index in [1.54, 1.807) is 35.4 Å². The summed E-state index contributed by atoms with van der Waals surface area (Å²) in [7, 11) is 1.86. The molecule has 4 aromatic rings. The van der Waals surface area contributed by atoms with Crippen molar-refractivity contribution in [2.45, 2.75) is 38.4 Å². The van der Waals surface area contributed by atoms with Crippen molar-refractivity contribution in [1.82, 2.24) is 19.7 Å². The molecule has 4 heterocycles. The molecule has 3 aromatic heterocycles. The van der Waals surface area contributed by atoms with Gasteiger partial charge < -0.3 is 14.8 Å². The van der Waals surface area contributed by atoms with E-state index < -0.39 is 5.82 Å². The minimum absolute atomic E-state index is 0.00359. The maximum Gasteiger partial charge on any atom is 0.229 e. The Bertz CT molecular complexity index is 1540. The Kier molecular flexibility index (Phi) is 7.05. The topological polar surface area (TPSA) is 91.2 Å². The molecule has 0 bridgehead atoms. The SMILES string of the molecule is Cc1ccncc1-c1cc2cc(NC(=O)[C@H]3[C@@H](COC4CCCCO4)[C@@H]3c3cnn(C)c3)ncc2c(Cl)c1F. The first-order valence-corrected chi connectivity index (χ1v) is 13.5. The minimum atomic E-state index is -0.527. The van der Waals surface area contributed by atoms with Gasteiger partial charge in [0, 0.05) is 66.8 Å². The number of aryl methyl sites for hydroxylation is 2. The molecule has 1 unspecified atom stereocenters. The van der Waals surface area contributed by atoms with E-state index in [4.69, 9.17) is 21.1 Å². The number of nitrogens with zero attached hydrogens (tertiary/aromatic N) is 4. The lowest BCUT2D eigenvalue weighted by molar-refractivity contribution is -0.165. The van der Waals surface area contributed by atoms with Gasteiger partial charge in [0.25, 0.3) is 0 Å². The Balaban J connectivity index is 1.24. The van der Waals surface area contributed by atoms with Gasteiger partial charge in [0.2, 0.25) is 5.91 Å². The van der Waals surface area contributed by atoms with E-state index in [1.807, 2.05) is 26.2 Å². The number of amides is 1. The van der Waals surface area contributed by atoms with Crippen LogP contribution in [0, 0.1) is 24.6 Å². The van der Waals surface area contributed by atoms with Crippen LogP contribution >= 0.6 is 11.6 Å². The van der Waals surface area contributed by atoms with Crippen LogP contribution in [-0.2, 0) is 21.3 Å². The van der Waals surface area contributed by atoms with E-state index in [1.165, 1.54) is 6.20 Å². The second-order valence-corrected chi connectivity index (χ2v) is 10.7. The number of pyridine rings is 2. The molecule has 8 nitrogen and oxygen atoms in total. The highest BCUT2D eigenvalue weighted by molar-refractivity contribution is 6.36. The zero-order valence-corrected chi connectivity index (χ0v) is 22.5. The molecule has 10 heteroatoms. The van der Waals surface area contributed by atoms with Crippen molar-refractivity contribution in [2.75, 3.05) is 18.5 Å². The van der Waals surface area contributed by atoms with Crippen molar-refractivity contribution in [3.05, 3.63) is 71.2 Å². The molecule has 39 heavy (non-hydrogen) atoms. The largest absolute Gasteiger partial charge is 0.353 e. The second kappa shape index (κ2) is 10.6. The zero-order valence-electron chi connectivity index (χ0n) is 21.7. The highest BCUT2D eigenvalue weighted by atomic mass is 35.5. The number of carbonyl (C=O) groups is 1. The predicted octanol–water partition coefficient (Wildman–Crippen LogP) is 5.64. The smallest absolute Gasteiger partial charge is 0.229 e. The van der Waals surface area contributed by atoms with Crippen LogP contribution in [0.25, 0.3) is 21.9 Å². The first kappa shape index (κ1) is 25.9. The van der Waals surface area contributed by atoms with E-state index in [0.717, 1.165) is 30.4 Å². The Morgan fingerprint density at radius 3 is 2.87 bits per heavy atom. The van der Waals surface area contributed by atoms with Crippen LogP contribution in [0.2, 0.25) is 5.02 Å². The lowest BCUT2D eigenvalue weighted by atomic mass is 9.99. The van der Waals surface area contributed by atoms with Crippen LogP contribution in [0.5, 0.6) is 0 Å². The van der Waals surface area contributed by atoms with Gasteiger partial charge in [0.05, 0.1) is 23.7 Å². The number of hydrogen-bond donors (Lipinski definition) is 1. The standard InChI is InChI=1S/C29H29ClFN5O3/c1-16-6-7-32-12-20(16)19-9-17-10-23(33-13-21(17)27(30)28(19)31)35-29(37)26-22(15-39-24-5-3-4-8-38-24)25(26)18-11-34-36(2)14-18/h6-7,9-14,22,24-26H,3-5,8,15H2,1-2H3,(H,33,35,37)/t22-,24?,25-,26-/m0/s1. The molecule has 1 saturated carbocycles. The van der Waals surface area contributed by atoms with Gasteiger partial charge in [-0.25, -0.2) is 9.37 Å². The molecule has 0 spiro atoms. The summed E-state index contributed by atoms with van der Waals surface area (Å²) in [4.78, 5) is 22.0. The van der Waals surface area contributed by atoms with Crippen molar-refractivity contribution >= 4 is 34.1 Å². The molecule has 1 aromatic carbocycles. The van der Waals surface area contributed by atoms with Crippen LogP contribution in [0.1, 0.15) is 36.3 Å². The van der Waals surface area contributed by atoms with Gasteiger partial charge >= 0.3 is 0 Å². The third kappa shape index (κ3) is 5.14. The molecule has 1 N–H and O–H groups in total. The summed E-state index contributed by atoms with van der Waals surface area (Å²) in [6, 6.07) is 5.25. The second-order valence-electron chi connectivity index (χ2n) is 10.3. The number of hydrogen-bond acceptors (Lipinski definition) is 6. The van der Waals surface area contributed by atoms with Crippen LogP contribution in [0.15, 0.2) is 49.2 Å². The highest BCUT2D eigenvalue weighted by Gasteiger charge is 2.56. The van der Waals surface area contributed by atoms with Gasteiger partial charge in [0.1, 0.15) is 11.6 Å². The Morgan fingerprint density at radius 2 is 2.13 bits per heavy atom. The Labute approximate surface area is 230 Å². The number of rotatable bonds is 7. The lowest BCUT2D eigenvalue weighted by Gasteiger charge is -2.22. The number of halogens is 2. The molecule has 0 radical (unpaired) electrons. The molecular formula is C29H29ClFN5O3. The number of anilines is 1. The lowest BCUT2D eigenvalue weighted by Crippen LogP contribution is -2.24. The molecule has 2 aliphatic rings. The van der Waals surface area contributed by atoms with E-state index >= 15 is 4.39 Å². The average molecular weight is 550 g/mol. The van der Waals surface area contributed by atoms with E-state index in [2.05, 4.69) is 20.4 Å². The quantitative estimate of drug-likeness (QED) is 0.321. The van der Waals surface area contributed by atoms with Crippen molar-refractivity contribution in [2.24, 2.45) is 18.9 Å². The average Bonchev–Trinajstić information content (AvgIpc) is 3.51. The van der Waals surface area contributed by atoms with Crippen molar-refractivity contribution in [3.63, 3.8) is 0 Å². The molecule has 1 amide bonds. The summed E-state index contributed by atoms with van der Waals surface area (Å²) in [5.74, 6) is -0.599. The fourth-order valence-electron chi connectivity index (χ4n) is 5.52. The van der Waals surface area contributed by atoms with E-state index in [0.29, 0.717) is 40.9 Å². The molecule has 1 saturated heterocycles. The first-order valence-electron chi connectivity index (χ1n) is 13.1. The molecule has 202 valence electrons. The monoisotopic (exact) mass is 549 g/mol. The molecule has 2 fully saturated rings. The highest BCUT2D eigenvalue weighted by Crippen LogP contribution is 2.54. The predicted molar refractivity (Wildman–Crippen MR) is 146 cm³/mol. The number of fused-ring (bicyclic) bond motifs is 1. The van der Waals surface area contributed by atoms with E-state index in [-0.39, 0.29) is 35.0 Å². The van der Waals surface area contributed by atoms with Crippen molar-refractivity contribution < 1.29 is 18.7 Å². The molecule has 1 aliphatic heterocycles. The number of aromatic nitrogens is 4. The maximum absolute atomic E-state index is 15.2. The molecule has 4 atom stereocenters. The summed E-state index contributed by atoms with van der Waals surface area (Å²) < 4.78 is 28.7. The molecular weight excluding hydrogens is 521 g/mol. The Hall–Kier alpha value is -3.40. The van der Waals surface area contributed by atoms with Crippen LogP contribution in [-0.4, -0.2) is 45.2 Å². The summed E-state index contributed by atoms with van der Waals surface area (Å²) in [6.07, 6.45) is 11.3. The number of benzene rings is 1. The maximum atomic E-state index is 15.2. The summed E-state index contributed by atoms with van der Waals surface area (Å²) in [6.45, 7) is 3.02. The van der Waals surface area contributed by atoms with Crippen molar-refractivity contribution in [1.29, 1.82) is 0 Å². The van der Waals surface area contributed by atoms with Gasteiger partial charge in [-0.3, -0.25) is 14.5 Å². The number of carbonyl (C=O) groups excluding carboxylic acids is 1. The molecule has 6 rings (SSSR count). The fraction of sp³-hybridized carbons (Fsp3) is 0.379. The zero-order chi connectivity index (χ0) is 27.1. The van der Waals surface area contributed by atoms with Crippen molar-refractivity contribution in [3.8, 4) is 11.1 Å². The van der Waals surface area contributed by atoms with Gasteiger partial charge in [-0.15, -0.1) is 0 Å². The Morgan fingerprint density at radius 1 is 1.26 bits per heavy atom. The number of nitrogens with one attached hydrogen (secondary N) is 1. The third-order valence-corrected chi connectivity index (χ3v) is 8.05. The summed E-state index contributed by atoms with van der Waals surface area (Å²) >= 11 is 6.40. The van der Waals surface area contributed by atoms with Crippen LogP contribution in [0.3, 0.4) is 0 Å². The van der Waals surface area contributed by atoms with Gasteiger partial charge in [0.15, 0.2) is 6.29 Å². The summed E-state index contributed by atoms with van der Waals surface area (Å²) in [5, 5.41) is 8.37. The minimum Gasteiger partial charge on any atom is -0.353 e. The fourth-order valence-corrected chi connectivity index (χ4v) is 5.78. The molecule has 1 aliphatic carbocycles. The van der Waals surface area contributed by atoms with Gasteiger partial charge in [-0.1, -0.05) is 11.6 Å². The third-order valence-electron chi connectivity index (χ3n) is 7.68. The van der Waals surface area contributed by atoms with Crippen LogP contribution in [0.4, 0.5) is 10.2 Å². The van der Waals surface area contributed by atoms with Gasteiger partial charge in [-0.2, -0.15) is 5.10 Å². The first-order chi connectivity index (χ1) is 18.9. The van der Waals surface area contributed by atoms with Crippen LogP contribution < -0.4 is 5.32 Å². The van der Waals surface area contributed by atoms with Gasteiger partial charge in [-0.05, 0) is 60.9 Å². The number of ether oxygens (including phenoxy) is 2. The summed E-state index contributed by atoms with van der Waals surface area (Å²) in [5.41, 5.74) is 2.89.